The number of hydrogen-bond donors (Lipinski definition) is 2. The maximum Gasteiger partial charge on any atom is 0.227 e. The van der Waals surface area contributed by atoms with Crippen LogP contribution in [0.1, 0.15) is 31.2 Å². The highest BCUT2D eigenvalue weighted by Gasteiger charge is 2.27. The summed E-state index contributed by atoms with van der Waals surface area (Å²) in [7, 11) is 3.19. The molecule has 1 aromatic rings. The number of hydrogen-bond acceptors (Lipinski definition) is 5. The normalized spacial score (nSPS) is 16.9. The van der Waals surface area contributed by atoms with E-state index in [4.69, 9.17) is 15.2 Å². The van der Waals surface area contributed by atoms with E-state index in [-0.39, 0.29) is 24.3 Å². The third kappa shape index (κ3) is 5.36. The lowest BCUT2D eigenvalue weighted by Crippen LogP contribution is -2.50. The van der Waals surface area contributed by atoms with Crippen molar-refractivity contribution < 1.29 is 19.1 Å². The topological polar surface area (TPSA) is 93.9 Å². The fourth-order valence-electron chi connectivity index (χ4n) is 3.28. The molecule has 1 aliphatic rings. The molecular formula is C19H29N3O4. The molecule has 1 heterocycles. The molecular weight excluding hydrogens is 334 g/mol. The highest BCUT2D eigenvalue weighted by molar-refractivity contribution is 5.80. The number of nitrogens with two attached hydrogens (primary N) is 1. The molecule has 0 aliphatic carbocycles. The van der Waals surface area contributed by atoms with Crippen LogP contribution in [0.15, 0.2) is 18.2 Å². The number of likely N-dealkylation sites (tertiary alicyclic amines) is 1. The highest BCUT2D eigenvalue weighted by atomic mass is 16.5. The Kier molecular flexibility index (Phi) is 7.72. The molecule has 7 nitrogen and oxygen atoms in total. The largest absolute Gasteiger partial charge is 0.497 e. The molecule has 0 aromatic heterocycles. The van der Waals surface area contributed by atoms with Crippen LogP contribution in [0.2, 0.25) is 0 Å². The monoisotopic (exact) mass is 363 g/mol. The van der Waals surface area contributed by atoms with E-state index in [2.05, 4.69) is 5.32 Å². The average molecular weight is 363 g/mol. The number of ether oxygens (including phenoxy) is 2. The first-order valence-corrected chi connectivity index (χ1v) is 9.06. The van der Waals surface area contributed by atoms with Gasteiger partial charge >= 0.3 is 0 Å². The van der Waals surface area contributed by atoms with Gasteiger partial charge in [0.25, 0.3) is 0 Å². The lowest BCUT2D eigenvalue weighted by Gasteiger charge is -2.36. The molecule has 1 fully saturated rings. The quantitative estimate of drug-likeness (QED) is 0.721. The van der Waals surface area contributed by atoms with E-state index in [1.54, 1.807) is 14.2 Å². The summed E-state index contributed by atoms with van der Waals surface area (Å²) in [5.74, 6) is 1.33. The van der Waals surface area contributed by atoms with Crippen LogP contribution >= 0.6 is 0 Å². The van der Waals surface area contributed by atoms with Crippen molar-refractivity contribution in [3.63, 3.8) is 0 Å². The fourth-order valence-corrected chi connectivity index (χ4v) is 3.28. The Labute approximate surface area is 154 Å². The van der Waals surface area contributed by atoms with Gasteiger partial charge in [0, 0.05) is 37.7 Å². The molecule has 144 valence electrons. The van der Waals surface area contributed by atoms with Gasteiger partial charge in [-0.15, -0.1) is 0 Å². The van der Waals surface area contributed by atoms with Crippen molar-refractivity contribution in [3.05, 3.63) is 23.8 Å². The van der Waals surface area contributed by atoms with E-state index < -0.39 is 0 Å². The summed E-state index contributed by atoms with van der Waals surface area (Å²) in [5.41, 5.74) is 6.20. The number of nitrogens with one attached hydrogen (secondary N) is 1. The highest BCUT2D eigenvalue weighted by Crippen LogP contribution is 2.26. The van der Waals surface area contributed by atoms with E-state index in [0.29, 0.717) is 37.6 Å². The van der Waals surface area contributed by atoms with Crippen molar-refractivity contribution in [2.45, 2.75) is 38.1 Å². The van der Waals surface area contributed by atoms with Crippen molar-refractivity contribution in [2.75, 3.05) is 33.9 Å². The van der Waals surface area contributed by atoms with E-state index in [1.807, 2.05) is 23.1 Å². The molecule has 2 rings (SSSR count). The lowest BCUT2D eigenvalue weighted by molar-refractivity contribution is -0.134. The Balaban J connectivity index is 2.05. The summed E-state index contributed by atoms with van der Waals surface area (Å²) in [5, 5.41) is 2.89. The van der Waals surface area contributed by atoms with Crippen molar-refractivity contribution in [1.82, 2.24) is 10.2 Å². The number of rotatable bonds is 8. The maximum absolute atomic E-state index is 12.9. The molecule has 0 bridgehead atoms. The molecule has 0 radical (unpaired) electrons. The summed E-state index contributed by atoms with van der Waals surface area (Å²) < 4.78 is 10.6. The molecule has 0 saturated carbocycles. The van der Waals surface area contributed by atoms with Crippen LogP contribution in [0.25, 0.3) is 0 Å². The number of benzene rings is 1. The standard InChI is InChI=1S/C19H29N3O4/c1-25-16-6-7-17(26-2)14(11-16)12-19(24)22-10-4-3-5-15(22)13-21-18(23)8-9-20/h6-7,11,15H,3-5,8-10,12-13,20H2,1-2H3,(H,21,23). The number of methoxy groups -OCH3 is 2. The number of carbonyl (C=O) groups is 2. The van der Waals surface area contributed by atoms with Gasteiger partial charge < -0.3 is 25.4 Å². The molecule has 1 aromatic carbocycles. The van der Waals surface area contributed by atoms with E-state index in [1.165, 1.54) is 0 Å². The van der Waals surface area contributed by atoms with Crippen LogP contribution in [-0.2, 0) is 16.0 Å². The minimum Gasteiger partial charge on any atom is -0.497 e. The second-order valence-corrected chi connectivity index (χ2v) is 6.43. The number of piperidine rings is 1. The van der Waals surface area contributed by atoms with Crippen LogP contribution in [0.4, 0.5) is 0 Å². The van der Waals surface area contributed by atoms with Gasteiger partial charge in [-0.1, -0.05) is 0 Å². The number of amides is 2. The Bertz CT molecular complexity index is 621. The Morgan fingerprint density at radius 1 is 1.27 bits per heavy atom. The summed E-state index contributed by atoms with van der Waals surface area (Å²) in [6, 6.07) is 5.47. The van der Waals surface area contributed by atoms with Gasteiger partial charge in [0.15, 0.2) is 0 Å². The summed E-state index contributed by atoms with van der Waals surface area (Å²) >= 11 is 0. The van der Waals surface area contributed by atoms with Gasteiger partial charge in [0.2, 0.25) is 11.8 Å². The van der Waals surface area contributed by atoms with Gasteiger partial charge in [0.1, 0.15) is 11.5 Å². The molecule has 26 heavy (non-hydrogen) atoms. The zero-order valence-corrected chi connectivity index (χ0v) is 15.6. The SMILES string of the molecule is COc1ccc(OC)c(CC(=O)N2CCCCC2CNC(=O)CCN)c1. The molecule has 1 aliphatic heterocycles. The zero-order valence-electron chi connectivity index (χ0n) is 15.6. The molecule has 3 N–H and O–H groups in total. The van der Waals surface area contributed by atoms with Crippen LogP contribution in [-0.4, -0.2) is 56.6 Å². The third-order valence-corrected chi connectivity index (χ3v) is 4.68. The average Bonchev–Trinajstić information content (AvgIpc) is 2.66. The summed E-state index contributed by atoms with van der Waals surface area (Å²) in [6.07, 6.45) is 3.48. The third-order valence-electron chi connectivity index (χ3n) is 4.68. The fraction of sp³-hybridized carbons (Fsp3) is 0.579. The van der Waals surface area contributed by atoms with Gasteiger partial charge in [-0.25, -0.2) is 0 Å². The zero-order chi connectivity index (χ0) is 18.9. The van der Waals surface area contributed by atoms with E-state index >= 15 is 0 Å². The minimum atomic E-state index is -0.0695. The molecule has 7 heteroatoms. The van der Waals surface area contributed by atoms with Crippen LogP contribution < -0.4 is 20.5 Å². The van der Waals surface area contributed by atoms with Crippen LogP contribution in [0, 0.1) is 0 Å². The van der Waals surface area contributed by atoms with E-state index in [0.717, 1.165) is 24.8 Å². The number of nitrogens with zero attached hydrogens (tertiary/aromatic N) is 1. The minimum absolute atomic E-state index is 0.0228. The Morgan fingerprint density at radius 3 is 2.77 bits per heavy atom. The first-order valence-electron chi connectivity index (χ1n) is 9.06. The molecule has 2 amide bonds. The first-order chi connectivity index (χ1) is 12.6. The second kappa shape index (κ2) is 10.0. The Hall–Kier alpha value is -2.28. The van der Waals surface area contributed by atoms with Gasteiger partial charge in [0.05, 0.1) is 20.6 Å². The van der Waals surface area contributed by atoms with Gasteiger partial charge in [-0.2, -0.15) is 0 Å². The van der Waals surface area contributed by atoms with Gasteiger partial charge in [-0.05, 0) is 37.5 Å². The molecule has 1 atom stereocenters. The number of carbonyl (C=O) groups excluding carboxylic acids is 2. The van der Waals surface area contributed by atoms with Crippen molar-refractivity contribution in [1.29, 1.82) is 0 Å². The maximum atomic E-state index is 12.9. The second-order valence-electron chi connectivity index (χ2n) is 6.43. The molecule has 1 unspecified atom stereocenters. The summed E-state index contributed by atoms with van der Waals surface area (Å²) in [4.78, 5) is 26.5. The Morgan fingerprint density at radius 2 is 2.08 bits per heavy atom. The van der Waals surface area contributed by atoms with Crippen LogP contribution in [0.5, 0.6) is 11.5 Å². The predicted octanol–water partition coefficient (Wildman–Crippen LogP) is 1.09. The lowest BCUT2D eigenvalue weighted by atomic mass is 10.00. The molecule has 0 spiro atoms. The van der Waals surface area contributed by atoms with Crippen molar-refractivity contribution >= 4 is 11.8 Å². The first kappa shape index (κ1) is 20.0. The smallest absolute Gasteiger partial charge is 0.227 e. The van der Waals surface area contributed by atoms with Crippen LogP contribution in [0.3, 0.4) is 0 Å². The predicted molar refractivity (Wildman–Crippen MR) is 99.3 cm³/mol. The van der Waals surface area contributed by atoms with Crippen molar-refractivity contribution in [3.8, 4) is 11.5 Å². The summed E-state index contributed by atoms with van der Waals surface area (Å²) in [6.45, 7) is 1.51. The molecule has 1 saturated heterocycles. The van der Waals surface area contributed by atoms with Crippen molar-refractivity contribution in [2.24, 2.45) is 5.73 Å². The van der Waals surface area contributed by atoms with E-state index in [9.17, 15) is 9.59 Å². The van der Waals surface area contributed by atoms with Gasteiger partial charge in [-0.3, -0.25) is 9.59 Å².